The van der Waals surface area contributed by atoms with Crippen molar-refractivity contribution >= 4 is 28.9 Å². The van der Waals surface area contributed by atoms with Gasteiger partial charge >= 0.3 is 0 Å². The lowest BCUT2D eigenvalue weighted by Gasteiger charge is -2.11. The Balaban J connectivity index is 1.68. The quantitative estimate of drug-likeness (QED) is 0.791. The van der Waals surface area contributed by atoms with E-state index in [0.29, 0.717) is 11.7 Å². The molecule has 2 aromatic carbocycles. The summed E-state index contributed by atoms with van der Waals surface area (Å²) in [6.07, 6.45) is 0.904. The molecule has 22 heavy (non-hydrogen) atoms. The van der Waals surface area contributed by atoms with Crippen molar-refractivity contribution in [2.75, 3.05) is 13.7 Å². The Morgan fingerprint density at radius 3 is 2.27 bits per heavy atom. The molecule has 0 bridgehead atoms. The Kier molecular flexibility index (Phi) is 6.49. The molecule has 0 fully saturated rings. The van der Waals surface area contributed by atoms with Crippen molar-refractivity contribution in [1.29, 1.82) is 0 Å². The molecule has 2 rings (SSSR count). The maximum absolute atomic E-state index is 5.86. The molecular weight excluding hydrogens is 316 g/mol. The van der Waals surface area contributed by atoms with Crippen LogP contribution in [0.25, 0.3) is 0 Å². The molecule has 0 atom stereocenters. The first-order valence-corrected chi connectivity index (χ1v) is 7.85. The summed E-state index contributed by atoms with van der Waals surface area (Å²) in [7, 11) is 1.66. The van der Waals surface area contributed by atoms with Crippen LogP contribution in [-0.2, 0) is 13.0 Å². The second-order valence-corrected chi connectivity index (χ2v) is 5.68. The molecule has 0 saturated heterocycles. The van der Waals surface area contributed by atoms with Crippen LogP contribution >= 0.6 is 23.8 Å². The van der Waals surface area contributed by atoms with Gasteiger partial charge in [0, 0.05) is 18.1 Å². The van der Waals surface area contributed by atoms with E-state index in [4.69, 9.17) is 28.6 Å². The topological polar surface area (TPSA) is 33.3 Å². The van der Waals surface area contributed by atoms with Crippen LogP contribution in [0.5, 0.6) is 5.75 Å². The molecular formula is C17H19ClN2OS. The van der Waals surface area contributed by atoms with Gasteiger partial charge in [-0.25, -0.2) is 0 Å². The molecule has 0 aliphatic carbocycles. The normalized spacial score (nSPS) is 10.1. The largest absolute Gasteiger partial charge is 0.497 e. The highest BCUT2D eigenvalue weighted by Gasteiger charge is 1.98. The van der Waals surface area contributed by atoms with Crippen LogP contribution in [0.1, 0.15) is 11.1 Å². The number of hydrogen-bond donors (Lipinski definition) is 2. The minimum atomic E-state index is 0.657. The van der Waals surface area contributed by atoms with Gasteiger partial charge in [0.15, 0.2) is 5.11 Å². The number of methoxy groups -OCH3 is 1. The number of nitrogens with one attached hydrogen (secondary N) is 2. The minimum Gasteiger partial charge on any atom is -0.497 e. The lowest BCUT2D eigenvalue weighted by atomic mass is 10.1. The summed E-state index contributed by atoms with van der Waals surface area (Å²) in [6.45, 7) is 1.48. The van der Waals surface area contributed by atoms with Gasteiger partial charge in [0.2, 0.25) is 0 Å². The van der Waals surface area contributed by atoms with E-state index < -0.39 is 0 Å². The highest BCUT2D eigenvalue weighted by Crippen LogP contribution is 2.11. The molecule has 0 heterocycles. The van der Waals surface area contributed by atoms with Crippen LogP contribution in [0.2, 0.25) is 5.02 Å². The number of ether oxygens (including phenoxy) is 1. The van der Waals surface area contributed by atoms with E-state index >= 15 is 0 Å². The van der Waals surface area contributed by atoms with Crippen LogP contribution in [0.4, 0.5) is 0 Å². The smallest absolute Gasteiger partial charge is 0.166 e. The Hall–Kier alpha value is -1.78. The van der Waals surface area contributed by atoms with Crippen molar-refractivity contribution in [1.82, 2.24) is 10.6 Å². The van der Waals surface area contributed by atoms with Gasteiger partial charge in [0.05, 0.1) is 7.11 Å². The summed E-state index contributed by atoms with van der Waals surface area (Å²) in [5.41, 5.74) is 2.39. The zero-order valence-electron chi connectivity index (χ0n) is 12.4. The maximum atomic E-state index is 5.86. The SMILES string of the molecule is COc1ccc(CNC(=S)NCCc2ccc(Cl)cc2)cc1. The molecule has 0 aliphatic rings. The van der Waals surface area contributed by atoms with Crippen molar-refractivity contribution < 1.29 is 4.74 Å². The van der Waals surface area contributed by atoms with Crippen LogP contribution in [0.15, 0.2) is 48.5 Å². The fraction of sp³-hybridized carbons (Fsp3) is 0.235. The molecule has 0 amide bonds. The van der Waals surface area contributed by atoms with Gasteiger partial charge in [-0.1, -0.05) is 35.9 Å². The lowest BCUT2D eigenvalue weighted by molar-refractivity contribution is 0.414. The average Bonchev–Trinajstić information content (AvgIpc) is 2.55. The number of benzene rings is 2. The molecule has 5 heteroatoms. The van der Waals surface area contributed by atoms with Gasteiger partial charge in [-0.2, -0.15) is 0 Å². The maximum Gasteiger partial charge on any atom is 0.166 e. The Morgan fingerprint density at radius 1 is 1.00 bits per heavy atom. The zero-order chi connectivity index (χ0) is 15.8. The zero-order valence-corrected chi connectivity index (χ0v) is 14.0. The van der Waals surface area contributed by atoms with Crippen LogP contribution in [-0.4, -0.2) is 18.8 Å². The van der Waals surface area contributed by atoms with Gasteiger partial charge in [-0.05, 0) is 54.0 Å². The molecule has 116 valence electrons. The summed E-state index contributed by atoms with van der Waals surface area (Å²) in [5, 5.41) is 7.81. The number of halogens is 1. The van der Waals surface area contributed by atoms with Gasteiger partial charge < -0.3 is 15.4 Å². The highest BCUT2D eigenvalue weighted by molar-refractivity contribution is 7.80. The average molecular weight is 335 g/mol. The summed E-state index contributed by atoms with van der Waals surface area (Å²) in [5.74, 6) is 0.854. The van der Waals surface area contributed by atoms with Crippen molar-refractivity contribution in [3.8, 4) is 5.75 Å². The first kappa shape index (κ1) is 16.6. The van der Waals surface area contributed by atoms with Gasteiger partial charge in [-0.3, -0.25) is 0 Å². The third kappa shape index (κ3) is 5.54. The van der Waals surface area contributed by atoms with Crippen LogP contribution < -0.4 is 15.4 Å². The standard InChI is InChI=1S/C17H19ClN2OS/c1-21-16-8-4-14(5-9-16)12-20-17(22)19-11-10-13-2-6-15(18)7-3-13/h2-9H,10-12H2,1H3,(H2,19,20,22). The Morgan fingerprint density at radius 2 is 1.64 bits per heavy atom. The lowest BCUT2D eigenvalue weighted by Crippen LogP contribution is -2.35. The van der Waals surface area contributed by atoms with Crippen LogP contribution in [0, 0.1) is 0 Å². The molecule has 2 N–H and O–H groups in total. The molecule has 0 saturated carbocycles. The molecule has 0 aromatic heterocycles. The van der Waals surface area contributed by atoms with E-state index in [0.717, 1.165) is 29.3 Å². The molecule has 2 aromatic rings. The highest BCUT2D eigenvalue weighted by atomic mass is 35.5. The molecule has 0 spiro atoms. The predicted octanol–water partition coefficient (Wildman–Crippen LogP) is 3.56. The predicted molar refractivity (Wildman–Crippen MR) is 95.6 cm³/mol. The Labute approximate surface area is 141 Å². The number of thiocarbonyl (C=S) groups is 1. The number of rotatable bonds is 6. The minimum absolute atomic E-state index is 0.657. The summed E-state index contributed by atoms with van der Waals surface area (Å²) in [6, 6.07) is 15.8. The fourth-order valence-corrected chi connectivity index (χ4v) is 2.26. The van der Waals surface area contributed by atoms with Crippen molar-refractivity contribution in [3.63, 3.8) is 0 Å². The van der Waals surface area contributed by atoms with Crippen molar-refractivity contribution in [3.05, 3.63) is 64.7 Å². The first-order chi connectivity index (χ1) is 10.7. The van der Waals surface area contributed by atoms with Gasteiger partial charge in [-0.15, -0.1) is 0 Å². The molecule has 0 aliphatic heterocycles. The van der Waals surface area contributed by atoms with Crippen molar-refractivity contribution in [2.24, 2.45) is 0 Å². The first-order valence-electron chi connectivity index (χ1n) is 7.06. The van der Waals surface area contributed by atoms with E-state index in [1.165, 1.54) is 5.56 Å². The van der Waals surface area contributed by atoms with E-state index in [1.54, 1.807) is 7.11 Å². The van der Waals surface area contributed by atoms with Gasteiger partial charge in [0.1, 0.15) is 5.75 Å². The summed E-state index contributed by atoms with van der Waals surface area (Å²) in [4.78, 5) is 0. The van der Waals surface area contributed by atoms with Crippen molar-refractivity contribution in [2.45, 2.75) is 13.0 Å². The van der Waals surface area contributed by atoms with E-state index in [1.807, 2.05) is 48.5 Å². The van der Waals surface area contributed by atoms with Crippen LogP contribution in [0.3, 0.4) is 0 Å². The third-order valence-electron chi connectivity index (χ3n) is 3.22. The molecule has 0 radical (unpaired) electrons. The Bertz CT molecular complexity index is 599. The summed E-state index contributed by atoms with van der Waals surface area (Å²) >= 11 is 11.1. The third-order valence-corrected chi connectivity index (χ3v) is 3.77. The molecule has 0 unspecified atom stereocenters. The van der Waals surface area contributed by atoms with E-state index in [2.05, 4.69) is 10.6 Å². The van der Waals surface area contributed by atoms with Gasteiger partial charge in [0.25, 0.3) is 0 Å². The van der Waals surface area contributed by atoms with E-state index in [9.17, 15) is 0 Å². The summed E-state index contributed by atoms with van der Waals surface area (Å²) < 4.78 is 5.13. The van der Waals surface area contributed by atoms with E-state index in [-0.39, 0.29) is 0 Å². The fourth-order valence-electron chi connectivity index (χ4n) is 1.96. The molecule has 3 nitrogen and oxygen atoms in total. The monoisotopic (exact) mass is 334 g/mol. The number of hydrogen-bond acceptors (Lipinski definition) is 2. The second-order valence-electron chi connectivity index (χ2n) is 4.83. The second kappa shape index (κ2) is 8.61.